The molecule has 0 heterocycles. The molecule has 0 saturated carbocycles. The summed E-state index contributed by atoms with van der Waals surface area (Å²) in [7, 11) is 0. The van der Waals surface area contributed by atoms with Crippen LogP contribution >= 0.6 is 0 Å². The summed E-state index contributed by atoms with van der Waals surface area (Å²) < 4.78 is 4.92. The number of aliphatic hydroxyl groups is 1. The van der Waals surface area contributed by atoms with Crippen molar-refractivity contribution in [3.05, 3.63) is 12.7 Å². The van der Waals surface area contributed by atoms with Gasteiger partial charge in [0, 0.05) is 0 Å². The fraction of sp³-hybridized carbons (Fsp3) is 0.571. The predicted molar refractivity (Wildman–Crippen MR) is 37.7 cm³/mol. The minimum Gasteiger partial charge on any atom is -0.388 e. The maximum atomic E-state index is 10.4. The lowest BCUT2D eigenvalue weighted by molar-refractivity contribution is -0.127. The van der Waals surface area contributed by atoms with Crippen molar-refractivity contribution in [2.24, 2.45) is 0 Å². The Morgan fingerprint density at radius 3 is 2.90 bits per heavy atom. The van der Waals surface area contributed by atoms with Gasteiger partial charge in [-0.1, -0.05) is 6.08 Å². The lowest BCUT2D eigenvalue weighted by Crippen LogP contribution is -2.16. The van der Waals surface area contributed by atoms with E-state index in [1.54, 1.807) is 13.0 Å². The molecular weight excluding hydrogens is 132 g/mol. The van der Waals surface area contributed by atoms with E-state index in [-0.39, 0.29) is 18.5 Å². The summed E-state index contributed by atoms with van der Waals surface area (Å²) in [4.78, 5) is 10.4. The van der Waals surface area contributed by atoms with Gasteiger partial charge >= 0.3 is 0 Å². The molecule has 1 N–H and O–H groups in total. The molecule has 0 radical (unpaired) electrons. The standard InChI is InChI=1S/C7H12O3/c1-3-6(2)10-5-7(9)4-8/h3,6,8H,1,4-5H2,2H3. The monoisotopic (exact) mass is 144 g/mol. The highest BCUT2D eigenvalue weighted by Gasteiger charge is 2.00. The van der Waals surface area contributed by atoms with Crippen LogP contribution in [0.15, 0.2) is 12.7 Å². The quantitative estimate of drug-likeness (QED) is 0.558. The van der Waals surface area contributed by atoms with Crippen LogP contribution in [0.1, 0.15) is 6.92 Å². The number of rotatable bonds is 5. The molecule has 0 aromatic rings. The maximum absolute atomic E-state index is 10.4. The number of hydrogen-bond donors (Lipinski definition) is 1. The molecule has 0 bridgehead atoms. The van der Waals surface area contributed by atoms with E-state index in [9.17, 15) is 4.79 Å². The van der Waals surface area contributed by atoms with E-state index >= 15 is 0 Å². The lowest BCUT2D eigenvalue weighted by atomic mass is 10.4. The van der Waals surface area contributed by atoms with Crippen molar-refractivity contribution in [2.75, 3.05) is 13.2 Å². The van der Waals surface area contributed by atoms with Crippen molar-refractivity contribution in [3.63, 3.8) is 0 Å². The fourth-order valence-electron chi connectivity index (χ4n) is 0.338. The molecule has 0 amide bonds. The summed E-state index contributed by atoms with van der Waals surface area (Å²) in [6.07, 6.45) is 1.46. The van der Waals surface area contributed by atoms with E-state index < -0.39 is 6.61 Å². The molecule has 0 aliphatic carbocycles. The molecule has 10 heavy (non-hydrogen) atoms. The van der Waals surface area contributed by atoms with Gasteiger partial charge < -0.3 is 9.84 Å². The summed E-state index contributed by atoms with van der Waals surface area (Å²) in [5, 5.41) is 8.27. The number of ether oxygens (including phenoxy) is 1. The number of carbonyl (C=O) groups is 1. The molecule has 0 fully saturated rings. The first-order valence-electron chi connectivity index (χ1n) is 3.07. The first-order chi connectivity index (χ1) is 4.70. The number of aliphatic hydroxyl groups excluding tert-OH is 1. The zero-order valence-corrected chi connectivity index (χ0v) is 6.04. The van der Waals surface area contributed by atoms with Gasteiger partial charge in [0.1, 0.15) is 13.2 Å². The molecule has 0 aromatic carbocycles. The van der Waals surface area contributed by atoms with Gasteiger partial charge in [-0.15, -0.1) is 6.58 Å². The molecule has 0 aromatic heterocycles. The van der Waals surface area contributed by atoms with E-state index in [0.717, 1.165) is 0 Å². The second-order valence-corrected chi connectivity index (χ2v) is 1.95. The molecule has 58 valence electrons. The number of hydrogen-bond acceptors (Lipinski definition) is 3. The summed E-state index contributed by atoms with van der Waals surface area (Å²) >= 11 is 0. The Morgan fingerprint density at radius 2 is 2.50 bits per heavy atom. The molecule has 1 unspecified atom stereocenters. The molecule has 0 aliphatic heterocycles. The second kappa shape index (κ2) is 5.14. The topological polar surface area (TPSA) is 46.5 Å². The van der Waals surface area contributed by atoms with Gasteiger partial charge in [0.05, 0.1) is 6.10 Å². The maximum Gasteiger partial charge on any atom is 0.183 e. The molecule has 3 heteroatoms. The molecule has 3 nitrogen and oxygen atoms in total. The van der Waals surface area contributed by atoms with Crippen LogP contribution < -0.4 is 0 Å². The van der Waals surface area contributed by atoms with Gasteiger partial charge in [-0.25, -0.2) is 0 Å². The average Bonchev–Trinajstić information content (AvgIpc) is 1.99. The van der Waals surface area contributed by atoms with Crippen LogP contribution in [-0.2, 0) is 9.53 Å². The largest absolute Gasteiger partial charge is 0.388 e. The van der Waals surface area contributed by atoms with Crippen molar-refractivity contribution < 1.29 is 14.6 Å². The summed E-state index contributed by atoms with van der Waals surface area (Å²) in [6.45, 7) is 4.75. The first-order valence-corrected chi connectivity index (χ1v) is 3.07. The SMILES string of the molecule is C=CC(C)OCC(=O)CO. The Morgan fingerprint density at radius 1 is 1.90 bits per heavy atom. The van der Waals surface area contributed by atoms with Crippen molar-refractivity contribution in [1.29, 1.82) is 0 Å². The van der Waals surface area contributed by atoms with E-state index in [2.05, 4.69) is 6.58 Å². The summed E-state index contributed by atoms with van der Waals surface area (Å²) in [6, 6.07) is 0. The highest BCUT2D eigenvalue weighted by molar-refractivity contribution is 5.80. The third kappa shape index (κ3) is 4.23. The summed E-state index contributed by atoms with van der Waals surface area (Å²) in [5.74, 6) is -0.311. The van der Waals surface area contributed by atoms with Crippen LogP contribution in [0.5, 0.6) is 0 Å². The van der Waals surface area contributed by atoms with Crippen molar-refractivity contribution in [1.82, 2.24) is 0 Å². The van der Waals surface area contributed by atoms with E-state index in [1.165, 1.54) is 0 Å². The van der Waals surface area contributed by atoms with Gasteiger partial charge in [0.2, 0.25) is 0 Å². The Kier molecular flexibility index (Phi) is 4.80. The van der Waals surface area contributed by atoms with Gasteiger partial charge in [-0.05, 0) is 6.92 Å². The molecule has 0 rings (SSSR count). The number of ketones is 1. The minimum atomic E-state index is -0.455. The minimum absolute atomic E-state index is 0.0380. The van der Waals surface area contributed by atoms with Crippen LogP contribution in [0.4, 0.5) is 0 Å². The number of Topliss-reactive ketones (excluding diaryl/α,β-unsaturated/α-hetero) is 1. The average molecular weight is 144 g/mol. The highest BCUT2D eigenvalue weighted by Crippen LogP contribution is 1.89. The summed E-state index contributed by atoms with van der Waals surface area (Å²) in [5.41, 5.74) is 0. The predicted octanol–water partition coefficient (Wildman–Crippen LogP) is 0.139. The third-order valence-corrected chi connectivity index (χ3v) is 1.02. The van der Waals surface area contributed by atoms with Crippen molar-refractivity contribution >= 4 is 5.78 Å². The van der Waals surface area contributed by atoms with Gasteiger partial charge in [-0.2, -0.15) is 0 Å². The zero-order chi connectivity index (χ0) is 7.98. The smallest absolute Gasteiger partial charge is 0.183 e. The van der Waals surface area contributed by atoms with Gasteiger partial charge in [0.15, 0.2) is 5.78 Å². The molecule has 1 atom stereocenters. The van der Waals surface area contributed by atoms with Gasteiger partial charge in [-0.3, -0.25) is 4.79 Å². The van der Waals surface area contributed by atoms with Crippen molar-refractivity contribution in [3.8, 4) is 0 Å². The van der Waals surface area contributed by atoms with E-state index in [0.29, 0.717) is 0 Å². The molecule has 0 spiro atoms. The third-order valence-electron chi connectivity index (χ3n) is 1.02. The van der Waals surface area contributed by atoms with Crippen LogP contribution in [0.3, 0.4) is 0 Å². The van der Waals surface area contributed by atoms with Crippen LogP contribution in [-0.4, -0.2) is 30.2 Å². The Hall–Kier alpha value is -0.670. The Balaban J connectivity index is 3.34. The lowest BCUT2D eigenvalue weighted by Gasteiger charge is -2.05. The van der Waals surface area contributed by atoms with E-state index in [1.807, 2.05) is 0 Å². The first kappa shape index (κ1) is 9.33. The fourth-order valence-corrected chi connectivity index (χ4v) is 0.338. The van der Waals surface area contributed by atoms with E-state index in [4.69, 9.17) is 9.84 Å². The Labute approximate surface area is 60.3 Å². The van der Waals surface area contributed by atoms with Crippen LogP contribution in [0.25, 0.3) is 0 Å². The van der Waals surface area contributed by atoms with Crippen LogP contribution in [0.2, 0.25) is 0 Å². The van der Waals surface area contributed by atoms with Crippen LogP contribution in [0, 0.1) is 0 Å². The van der Waals surface area contributed by atoms with Crippen molar-refractivity contribution in [2.45, 2.75) is 13.0 Å². The molecule has 0 aliphatic rings. The Bertz CT molecular complexity index is 120. The highest BCUT2D eigenvalue weighted by atomic mass is 16.5. The zero-order valence-electron chi connectivity index (χ0n) is 6.04. The normalized spacial score (nSPS) is 12.6. The second-order valence-electron chi connectivity index (χ2n) is 1.95. The number of carbonyl (C=O) groups excluding carboxylic acids is 1. The molecule has 0 saturated heterocycles. The molecular formula is C7H12O3. The van der Waals surface area contributed by atoms with Gasteiger partial charge in [0.25, 0.3) is 0 Å².